The molecule has 652 valence electrons. The maximum atomic E-state index is 6.68. The van der Waals surface area contributed by atoms with Gasteiger partial charge in [-0.15, -0.1) is 0 Å². The van der Waals surface area contributed by atoms with Gasteiger partial charge in [0.05, 0.1) is 0 Å². The second-order valence-electron chi connectivity index (χ2n) is 37.6. The van der Waals surface area contributed by atoms with E-state index < -0.39 is 0 Å². The molecule has 0 fully saturated rings. The maximum absolute atomic E-state index is 6.68. The van der Waals surface area contributed by atoms with E-state index in [9.17, 15) is 0 Å². The molecule has 3 heterocycles. The van der Waals surface area contributed by atoms with Gasteiger partial charge in [-0.25, -0.2) is 0 Å². The molecule has 31 rings (SSSR count). The molecular formula is C138H82O3. The molecular weight excluding hydrogens is 1710 g/mol. The fourth-order valence-corrected chi connectivity index (χ4v) is 23.9. The van der Waals surface area contributed by atoms with Crippen molar-refractivity contribution in [3.05, 3.63) is 497 Å². The summed E-state index contributed by atoms with van der Waals surface area (Å²) in [6.07, 6.45) is 0. The molecule has 141 heavy (non-hydrogen) atoms. The van der Waals surface area contributed by atoms with Crippen LogP contribution in [0, 0.1) is 0 Å². The average molecular weight is 1790 g/mol. The molecule has 0 bridgehead atoms. The van der Waals surface area contributed by atoms with Crippen molar-refractivity contribution in [3.8, 4) is 77.9 Å². The first-order chi connectivity index (χ1) is 70.0. The summed E-state index contributed by atoms with van der Waals surface area (Å²) in [5.74, 6) is 0. The first-order valence-corrected chi connectivity index (χ1v) is 48.6. The van der Waals surface area contributed by atoms with Crippen LogP contribution in [0.1, 0.15) is 0 Å². The van der Waals surface area contributed by atoms with E-state index in [-0.39, 0.29) is 0 Å². The summed E-state index contributed by atoms with van der Waals surface area (Å²) < 4.78 is 20.0. The predicted molar refractivity (Wildman–Crippen MR) is 602 cm³/mol. The Hall–Kier alpha value is -18.5. The summed E-state index contributed by atoms with van der Waals surface area (Å²) in [4.78, 5) is 0. The molecule has 0 aliphatic rings. The molecule has 3 aromatic heterocycles. The van der Waals surface area contributed by atoms with Crippen LogP contribution in [0.15, 0.2) is 511 Å². The van der Waals surface area contributed by atoms with Gasteiger partial charge in [-0.1, -0.05) is 449 Å². The Labute approximate surface area is 810 Å². The van der Waals surface area contributed by atoms with Crippen LogP contribution < -0.4 is 0 Å². The van der Waals surface area contributed by atoms with Gasteiger partial charge in [-0.3, -0.25) is 0 Å². The van der Waals surface area contributed by atoms with Crippen LogP contribution in [0.3, 0.4) is 0 Å². The van der Waals surface area contributed by atoms with Crippen molar-refractivity contribution in [2.75, 3.05) is 0 Å². The Kier molecular flexibility index (Phi) is 18.1. The normalized spacial score (nSPS) is 12.0. The Morgan fingerprint density at radius 3 is 0.631 bits per heavy atom. The summed E-state index contributed by atoms with van der Waals surface area (Å²) in [6.45, 7) is 0. The molecule has 0 aliphatic heterocycles. The monoisotopic (exact) mass is 1790 g/mol. The third-order valence-electron chi connectivity index (χ3n) is 30.1. The van der Waals surface area contributed by atoms with Crippen LogP contribution in [0.25, 0.3) is 305 Å². The lowest BCUT2D eigenvalue weighted by atomic mass is 9.85. The van der Waals surface area contributed by atoms with Gasteiger partial charge in [0.1, 0.15) is 33.5 Å². The number of fused-ring (bicyclic) bond motifs is 34. The molecule has 3 heteroatoms. The number of rotatable bonds is 7. The number of hydrogen-bond donors (Lipinski definition) is 0. The second-order valence-corrected chi connectivity index (χ2v) is 37.6. The fourth-order valence-electron chi connectivity index (χ4n) is 23.9. The van der Waals surface area contributed by atoms with Crippen LogP contribution in [-0.4, -0.2) is 0 Å². The lowest BCUT2D eigenvalue weighted by molar-refractivity contribution is 0.672. The highest BCUT2D eigenvalue weighted by Crippen LogP contribution is 2.53. The van der Waals surface area contributed by atoms with E-state index in [1.165, 1.54) is 239 Å². The van der Waals surface area contributed by atoms with Crippen molar-refractivity contribution in [3.63, 3.8) is 0 Å². The van der Waals surface area contributed by atoms with Crippen molar-refractivity contribution in [1.82, 2.24) is 0 Å². The van der Waals surface area contributed by atoms with Gasteiger partial charge in [0.2, 0.25) is 0 Å². The zero-order chi connectivity index (χ0) is 92.4. The highest BCUT2D eigenvalue weighted by molar-refractivity contribution is 6.36. The molecule has 0 spiro atoms. The summed E-state index contributed by atoms with van der Waals surface area (Å²) in [5, 5.41) is 44.2. The number of furan rings is 3. The van der Waals surface area contributed by atoms with Gasteiger partial charge >= 0.3 is 0 Å². The standard InChI is InChI=1S/C48H28O.C46H28O.C44H26O/c1-2-12-33-29(11-1)21-22-30-23-24-31(27-42(30)33)45-37-16-6-8-18-39(37)46(40-19-9-7-17-38(40)45)32-25-26-44-43(28-32)47-36-15-5-3-13-34(36)35-14-4-10-20-41(35)48(47)49-44;1-2-12-29(13-3-1)30-22-24-31(25-23-30)43-36-17-7-9-19-38(36)44(39-20-10-8-18-37(39)43)32-26-27-42-41(28-32)45-35-16-6-4-14-33(35)34-15-5-11-21-40(34)46(45)47-42;1-2-12-28-25-29(22-21-27(28)11-1)41-34-16-6-8-18-36(34)42(37-19-9-7-17-35(37)41)30-23-24-40-39(26-30)43-33-15-5-3-13-31(33)32-14-4-10-20-38(32)44(43)45-40/h1-28H;1-28H;1-26H. The van der Waals surface area contributed by atoms with Gasteiger partial charge in [0, 0.05) is 48.5 Å². The van der Waals surface area contributed by atoms with Gasteiger partial charge in [-0.05, 0) is 272 Å². The third-order valence-corrected chi connectivity index (χ3v) is 30.1. The molecule has 3 nitrogen and oxygen atoms in total. The van der Waals surface area contributed by atoms with Crippen molar-refractivity contribution in [2.45, 2.75) is 0 Å². The Balaban J connectivity index is 0.000000101. The lowest BCUT2D eigenvalue weighted by Crippen LogP contribution is -1.91. The minimum atomic E-state index is 0.911. The maximum Gasteiger partial charge on any atom is 0.143 e. The van der Waals surface area contributed by atoms with Crippen LogP contribution in [0.5, 0.6) is 0 Å². The van der Waals surface area contributed by atoms with Crippen molar-refractivity contribution < 1.29 is 13.3 Å². The molecule has 0 N–H and O–H groups in total. The smallest absolute Gasteiger partial charge is 0.143 e. The SMILES string of the molecule is c1ccc(-c2ccc(-c3c4ccccc4c(-c4ccc5oc6c7ccccc7c7ccccc7c6c5c4)c4ccccc34)cc2)cc1.c1ccc2c(c1)ccc1ccc(-c3c4ccccc4c(-c4ccc5oc6c7ccccc7c7ccccc7c6c5c4)c4ccccc34)cc12.c1ccc2cc(-c3c4ccccc4c(-c4ccc5oc6c7ccccc7c7ccccc7c6c5c4)c4ccccc34)ccc2c1. The summed E-state index contributed by atoms with van der Waals surface area (Å²) in [7, 11) is 0. The van der Waals surface area contributed by atoms with Crippen molar-refractivity contribution in [1.29, 1.82) is 0 Å². The Bertz CT molecular complexity index is 10600. The summed E-state index contributed by atoms with van der Waals surface area (Å²) >= 11 is 0. The van der Waals surface area contributed by atoms with Gasteiger partial charge in [-0.2, -0.15) is 0 Å². The third kappa shape index (κ3) is 12.6. The van der Waals surface area contributed by atoms with Crippen LogP contribution in [-0.2, 0) is 0 Å². The van der Waals surface area contributed by atoms with E-state index >= 15 is 0 Å². The zero-order valence-corrected chi connectivity index (χ0v) is 76.6. The Morgan fingerprint density at radius 2 is 0.298 bits per heavy atom. The molecule has 0 saturated carbocycles. The molecule has 0 aliphatic carbocycles. The predicted octanol–water partition coefficient (Wildman–Crippen LogP) is 39.7. The van der Waals surface area contributed by atoms with E-state index in [1.807, 2.05) is 0 Å². The highest BCUT2D eigenvalue weighted by atomic mass is 16.3. The molecule has 0 atom stereocenters. The van der Waals surface area contributed by atoms with E-state index in [0.29, 0.717) is 0 Å². The molecule has 0 amide bonds. The van der Waals surface area contributed by atoms with Crippen LogP contribution >= 0.6 is 0 Å². The van der Waals surface area contributed by atoms with E-state index in [0.717, 1.165) is 65.8 Å². The molecule has 28 aromatic carbocycles. The van der Waals surface area contributed by atoms with E-state index in [2.05, 4.69) is 497 Å². The largest absolute Gasteiger partial charge is 0.455 e. The summed E-state index contributed by atoms with van der Waals surface area (Å²) in [6, 6.07) is 181. The van der Waals surface area contributed by atoms with Gasteiger partial charge < -0.3 is 13.3 Å². The first-order valence-electron chi connectivity index (χ1n) is 48.6. The number of hydrogen-bond acceptors (Lipinski definition) is 3. The zero-order valence-electron chi connectivity index (χ0n) is 76.6. The fraction of sp³-hybridized carbons (Fsp3) is 0. The molecule has 0 unspecified atom stereocenters. The van der Waals surface area contributed by atoms with Crippen LogP contribution in [0.2, 0.25) is 0 Å². The molecule has 0 saturated heterocycles. The lowest BCUT2D eigenvalue weighted by Gasteiger charge is -2.18. The Morgan fingerprint density at radius 1 is 0.0993 bits per heavy atom. The van der Waals surface area contributed by atoms with Gasteiger partial charge in [0.25, 0.3) is 0 Å². The van der Waals surface area contributed by atoms with E-state index in [1.54, 1.807) is 0 Å². The van der Waals surface area contributed by atoms with Crippen LogP contribution in [0.4, 0.5) is 0 Å². The topological polar surface area (TPSA) is 39.4 Å². The minimum Gasteiger partial charge on any atom is -0.455 e. The second kappa shape index (κ2) is 32.1. The van der Waals surface area contributed by atoms with Crippen molar-refractivity contribution in [2.24, 2.45) is 0 Å². The van der Waals surface area contributed by atoms with Gasteiger partial charge in [0.15, 0.2) is 0 Å². The quantitative estimate of drug-likeness (QED) is 0.118. The van der Waals surface area contributed by atoms with E-state index in [4.69, 9.17) is 13.3 Å². The summed E-state index contributed by atoms with van der Waals surface area (Å²) in [5.41, 5.74) is 22.9. The highest BCUT2D eigenvalue weighted by Gasteiger charge is 2.27. The molecule has 0 radical (unpaired) electrons. The molecule has 31 aromatic rings. The first kappa shape index (κ1) is 79.8. The average Bonchev–Trinajstić information content (AvgIpc) is 1.67. The minimum absolute atomic E-state index is 0.911. The number of benzene rings is 28. The van der Waals surface area contributed by atoms with Crippen molar-refractivity contribution >= 4 is 227 Å².